The SMILES string of the molecule is CSCCN(C)CCC(=O)Nc1ccc(C#N)cc1. The standard InChI is InChI=1S/C14H19N3OS/c1-17(9-10-19-2)8-7-14(18)16-13-5-3-12(11-15)4-6-13/h3-6H,7-10H2,1-2H3,(H,16,18). The van der Waals surface area contributed by atoms with E-state index in [0.717, 1.165) is 24.5 Å². The molecular formula is C14H19N3OS. The molecule has 0 heterocycles. The zero-order chi connectivity index (χ0) is 14.1. The van der Waals surface area contributed by atoms with E-state index in [4.69, 9.17) is 5.26 Å². The molecule has 0 aromatic heterocycles. The lowest BCUT2D eigenvalue weighted by molar-refractivity contribution is -0.116. The fourth-order valence-electron chi connectivity index (χ4n) is 1.50. The van der Waals surface area contributed by atoms with E-state index in [1.54, 1.807) is 36.0 Å². The van der Waals surface area contributed by atoms with Gasteiger partial charge in [-0.25, -0.2) is 0 Å². The van der Waals surface area contributed by atoms with Gasteiger partial charge < -0.3 is 10.2 Å². The molecule has 0 aliphatic carbocycles. The van der Waals surface area contributed by atoms with E-state index in [0.29, 0.717) is 12.0 Å². The largest absolute Gasteiger partial charge is 0.326 e. The van der Waals surface area contributed by atoms with Crippen LogP contribution in [-0.4, -0.2) is 43.0 Å². The fraction of sp³-hybridized carbons (Fsp3) is 0.429. The summed E-state index contributed by atoms with van der Waals surface area (Å²) < 4.78 is 0. The van der Waals surface area contributed by atoms with Crippen LogP contribution in [0.4, 0.5) is 5.69 Å². The Morgan fingerprint density at radius 3 is 2.63 bits per heavy atom. The van der Waals surface area contributed by atoms with E-state index in [-0.39, 0.29) is 5.91 Å². The highest BCUT2D eigenvalue weighted by Crippen LogP contribution is 2.09. The van der Waals surface area contributed by atoms with Gasteiger partial charge in [0.25, 0.3) is 0 Å². The molecule has 1 rings (SSSR count). The summed E-state index contributed by atoms with van der Waals surface area (Å²) >= 11 is 1.80. The molecule has 0 atom stereocenters. The average molecular weight is 277 g/mol. The Bertz CT molecular complexity index is 439. The van der Waals surface area contributed by atoms with Gasteiger partial charge in [-0.05, 0) is 37.6 Å². The summed E-state index contributed by atoms with van der Waals surface area (Å²) in [5.41, 5.74) is 1.32. The van der Waals surface area contributed by atoms with Crippen LogP contribution in [0.15, 0.2) is 24.3 Å². The lowest BCUT2D eigenvalue weighted by atomic mass is 10.2. The van der Waals surface area contributed by atoms with Crippen LogP contribution in [0.25, 0.3) is 0 Å². The Balaban J connectivity index is 2.32. The van der Waals surface area contributed by atoms with Crippen LogP contribution in [0.2, 0.25) is 0 Å². The first-order chi connectivity index (χ1) is 9.15. The number of thioether (sulfide) groups is 1. The monoisotopic (exact) mass is 277 g/mol. The van der Waals surface area contributed by atoms with E-state index in [9.17, 15) is 4.79 Å². The molecule has 0 saturated carbocycles. The Hall–Kier alpha value is -1.51. The van der Waals surface area contributed by atoms with Gasteiger partial charge >= 0.3 is 0 Å². The second-order valence-electron chi connectivity index (χ2n) is 4.28. The Morgan fingerprint density at radius 1 is 1.37 bits per heavy atom. The van der Waals surface area contributed by atoms with Crippen LogP contribution in [0, 0.1) is 11.3 Å². The third-order valence-corrected chi connectivity index (χ3v) is 3.29. The molecule has 19 heavy (non-hydrogen) atoms. The van der Waals surface area contributed by atoms with Gasteiger partial charge in [-0.3, -0.25) is 4.79 Å². The summed E-state index contributed by atoms with van der Waals surface area (Å²) in [7, 11) is 2.02. The van der Waals surface area contributed by atoms with Crippen molar-refractivity contribution in [2.75, 3.05) is 37.5 Å². The maximum absolute atomic E-state index is 11.7. The van der Waals surface area contributed by atoms with Gasteiger partial charge in [0.05, 0.1) is 11.6 Å². The smallest absolute Gasteiger partial charge is 0.225 e. The van der Waals surface area contributed by atoms with Crippen molar-refractivity contribution in [2.24, 2.45) is 0 Å². The molecular weight excluding hydrogens is 258 g/mol. The van der Waals surface area contributed by atoms with Gasteiger partial charge in [-0.1, -0.05) is 0 Å². The highest BCUT2D eigenvalue weighted by molar-refractivity contribution is 7.98. The molecule has 102 valence electrons. The molecule has 5 heteroatoms. The number of anilines is 1. The van der Waals surface area contributed by atoms with Crippen molar-refractivity contribution in [3.8, 4) is 6.07 Å². The van der Waals surface area contributed by atoms with Crippen LogP contribution in [0.1, 0.15) is 12.0 Å². The van der Waals surface area contributed by atoms with Crippen molar-refractivity contribution in [1.82, 2.24) is 4.90 Å². The van der Waals surface area contributed by atoms with Crippen molar-refractivity contribution in [3.05, 3.63) is 29.8 Å². The highest BCUT2D eigenvalue weighted by Gasteiger charge is 2.05. The number of carbonyl (C=O) groups is 1. The highest BCUT2D eigenvalue weighted by atomic mass is 32.2. The maximum atomic E-state index is 11.7. The van der Waals surface area contributed by atoms with Gasteiger partial charge in [-0.2, -0.15) is 17.0 Å². The van der Waals surface area contributed by atoms with Crippen LogP contribution in [0.3, 0.4) is 0 Å². The van der Waals surface area contributed by atoms with E-state index in [1.165, 1.54) is 0 Å². The van der Waals surface area contributed by atoms with Gasteiger partial charge in [0.15, 0.2) is 0 Å². The number of hydrogen-bond acceptors (Lipinski definition) is 4. The third kappa shape index (κ3) is 6.27. The molecule has 0 fully saturated rings. The van der Waals surface area contributed by atoms with Crippen molar-refractivity contribution in [1.29, 1.82) is 5.26 Å². The van der Waals surface area contributed by atoms with E-state index >= 15 is 0 Å². The van der Waals surface area contributed by atoms with E-state index in [2.05, 4.69) is 16.5 Å². The molecule has 0 spiro atoms. The normalized spacial score (nSPS) is 10.2. The second kappa shape index (κ2) is 8.57. The van der Waals surface area contributed by atoms with E-state index < -0.39 is 0 Å². The molecule has 1 N–H and O–H groups in total. The molecule has 0 unspecified atom stereocenters. The number of rotatable bonds is 7. The minimum absolute atomic E-state index is 0.000657. The second-order valence-corrected chi connectivity index (χ2v) is 5.27. The lowest BCUT2D eigenvalue weighted by Crippen LogP contribution is -2.26. The van der Waals surface area contributed by atoms with Crippen molar-refractivity contribution >= 4 is 23.4 Å². The minimum atomic E-state index is 0.000657. The molecule has 1 aromatic rings. The van der Waals surface area contributed by atoms with Crippen molar-refractivity contribution in [3.63, 3.8) is 0 Å². The van der Waals surface area contributed by atoms with Gasteiger partial charge in [0, 0.05) is 31.0 Å². The predicted octanol–water partition coefficient (Wildman–Crippen LogP) is 2.18. The number of carbonyl (C=O) groups excluding carboxylic acids is 1. The number of hydrogen-bond donors (Lipinski definition) is 1. The maximum Gasteiger partial charge on any atom is 0.225 e. The molecule has 0 bridgehead atoms. The first kappa shape index (κ1) is 15.5. The molecule has 4 nitrogen and oxygen atoms in total. The third-order valence-electron chi connectivity index (χ3n) is 2.70. The van der Waals surface area contributed by atoms with Gasteiger partial charge in [-0.15, -0.1) is 0 Å². The summed E-state index contributed by atoms with van der Waals surface area (Å²) in [5.74, 6) is 1.08. The summed E-state index contributed by atoms with van der Waals surface area (Å²) in [6.45, 7) is 1.74. The van der Waals surface area contributed by atoms with Crippen LogP contribution >= 0.6 is 11.8 Å². The summed E-state index contributed by atoms with van der Waals surface area (Å²) in [6, 6.07) is 8.92. The Kier molecular flexibility index (Phi) is 7.01. The van der Waals surface area contributed by atoms with Gasteiger partial charge in [0.2, 0.25) is 5.91 Å². The first-order valence-corrected chi connectivity index (χ1v) is 7.52. The number of nitriles is 1. The van der Waals surface area contributed by atoms with Gasteiger partial charge in [0.1, 0.15) is 0 Å². The minimum Gasteiger partial charge on any atom is -0.326 e. The summed E-state index contributed by atoms with van der Waals surface area (Å²) in [4.78, 5) is 13.9. The summed E-state index contributed by atoms with van der Waals surface area (Å²) in [6.07, 6.45) is 2.55. The molecule has 0 radical (unpaired) electrons. The fourth-order valence-corrected chi connectivity index (χ4v) is 2.00. The number of amides is 1. The Morgan fingerprint density at radius 2 is 2.05 bits per heavy atom. The predicted molar refractivity (Wildman–Crippen MR) is 80.3 cm³/mol. The lowest BCUT2D eigenvalue weighted by Gasteiger charge is -2.15. The molecule has 0 aliphatic heterocycles. The average Bonchev–Trinajstić information content (AvgIpc) is 2.43. The van der Waals surface area contributed by atoms with Crippen molar-refractivity contribution in [2.45, 2.75) is 6.42 Å². The topological polar surface area (TPSA) is 56.1 Å². The first-order valence-electron chi connectivity index (χ1n) is 6.13. The zero-order valence-electron chi connectivity index (χ0n) is 11.3. The zero-order valence-corrected chi connectivity index (χ0v) is 12.2. The molecule has 0 aliphatic rings. The number of benzene rings is 1. The van der Waals surface area contributed by atoms with Crippen molar-refractivity contribution < 1.29 is 4.79 Å². The quantitative estimate of drug-likeness (QED) is 0.830. The summed E-state index contributed by atoms with van der Waals surface area (Å²) in [5, 5.41) is 11.5. The number of nitrogens with zero attached hydrogens (tertiary/aromatic N) is 2. The Labute approximate surface area is 118 Å². The molecule has 1 amide bonds. The molecule has 0 saturated heterocycles. The van der Waals surface area contributed by atoms with Crippen LogP contribution in [0.5, 0.6) is 0 Å². The van der Waals surface area contributed by atoms with E-state index in [1.807, 2.05) is 13.1 Å². The number of nitrogens with one attached hydrogen (secondary N) is 1. The molecule has 1 aromatic carbocycles. The van der Waals surface area contributed by atoms with Crippen LogP contribution in [-0.2, 0) is 4.79 Å². The van der Waals surface area contributed by atoms with Crippen LogP contribution < -0.4 is 5.32 Å².